The van der Waals surface area contributed by atoms with Gasteiger partial charge in [-0.05, 0) is 37.3 Å². The molecule has 12 nitrogen and oxygen atoms in total. The van der Waals surface area contributed by atoms with Crippen LogP contribution >= 0.6 is 0 Å². The van der Waals surface area contributed by atoms with Gasteiger partial charge in [-0.1, -0.05) is 24.1 Å². The van der Waals surface area contributed by atoms with Crippen LogP contribution in [0.5, 0.6) is 0 Å². The number of benzene rings is 2. The fraction of sp³-hybridized carbons (Fsp3) is 0.172. The third-order valence-electron chi connectivity index (χ3n) is 7.31. The average Bonchev–Trinajstić information content (AvgIpc) is 3.51. The Bertz CT molecular complexity index is 2110. The van der Waals surface area contributed by atoms with E-state index in [0.717, 1.165) is 16.6 Å². The zero-order valence-electron chi connectivity index (χ0n) is 22.9. The Hall–Kier alpha value is -5.19. The third-order valence-corrected chi connectivity index (χ3v) is 8.31. The molecule has 13 heteroatoms. The number of carbonyl (C=O) groups is 1. The van der Waals surface area contributed by atoms with Gasteiger partial charge in [0.1, 0.15) is 5.56 Å². The van der Waals surface area contributed by atoms with Gasteiger partial charge in [0.15, 0.2) is 11.5 Å². The van der Waals surface area contributed by atoms with Crippen molar-refractivity contribution >= 4 is 44.0 Å². The second-order valence-corrected chi connectivity index (χ2v) is 11.5. The largest absolute Gasteiger partial charge is 0.370 e. The van der Waals surface area contributed by atoms with Crippen LogP contribution in [0.1, 0.15) is 40.1 Å². The molecule has 4 heterocycles. The van der Waals surface area contributed by atoms with Gasteiger partial charge in [-0.2, -0.15) is 8.42 Å². The van der Waals surface area contributed by atoms with Crippen molar-refractivity contribution in [1.29, 1.82) is 0 Å². The van der Waals surface area contributed by atoms with Crippen LogP contribution in [0.15, 0.2) is 65.7 Å². The molecule has 2 aromatic carbocycles. The first-order chi connectivity index (χ1) is 20.1. The zero-order chi connectivity index (χ0) is 29.8. The molecule has 0 spiro atoms. The van der Waals surface area contributed by atoms with Crippen molar-refractivity contribution < 1.29 is 13.2 Å². The second kappa shape index (κ2) is 10.0. The molecule has 5 aromatic rings. The first-order valence-corrected chi connectivity index (χ1v) is 14.5. The number of fused-ring (bicyclic) bond motifs is 1. The molecular formula is C29H26N8O4S. The number of terminal acetylenes is 1. The van der Waals surface area contributed by atoms with Gasteiger partial charge in [0, 0.05) is 60.9 Å². The first-order valence-electron chi connectivity index (χ1n) is 13.0. The number of aromatic nitrogens is 4. The number of pyridine rings is 1. The van der Waals surface area contributed by atoms with E-state index < -0.39 is 22.2 Å². The van der Waals surface area contributed by atoms with Gasteiger partial charge >= 0.3 is 0 Å². The maximum absolute atomic E-state index is 14.2. The highest BCUT2D eigenvalue weighted by Gasteiger charge is 2.32. The number of nitrogens with zero attached hydrogens (tertiary/aromatic N) is 5. The maximum Gasteiger partial charge on any atom is 0.300 e. The van der Waals surface area contributed by atoms with Crippen LogP contribution in [0.4, 0.5) is 11.5 Å². The molecule has 0 fully saturated rings. The number of para-hydroxylation sites is 1. The lowest BCUT2D eigenvalue weighted by Crippen LogP contribution is -2.34. The minimum absolute atomic E-state index is 0.0699. The van der Waals surface area contributed by atoms with Crippen LogP contribution in [-0.2, 0) is 16.8 Å². The Morgan fingerprint density at radius 2 is 1.88 bits per heavy atom. The van der Waals surface area contributed by atoms with Crippen LogP contribution < -0.4 is 25.2 Å². The van der Waals surface area contributed by atoms with Gasteiger partial charge in [-0.15, -0.1) is 11.5 Å². The van der Waals surface area contributed by atoms with E-state index in [1.54, 1.807) is 29.8 Å². The van der Waals surface area contributed by atoms with Gasteiger partial charge in [0.05, 0.1) is 17.1 Å². The number of hydrogen-bond acceptors (Lipinski definition) is 7. The van der Waals surface area contributed by atoms with Crippen molar-refractivity contribution in [3.05, 3.63) is 93.7 Å². The molecule has 1 aliphatic rings. The summed E-state index contributed by atoms with van der Waals surface area (Å²) in [6.45, 7) is 2.25. The summed E-state index contributed by atoms with van der Waals surface area (Å²) in [6.07, 6.45) is 8.85. The molecular weight excluding hydrogens is 556 g/mol. The van der Waals surface area contributed by atoms with E-state index in [-0.39, 0.29) is 22.6 Å². The van der Waals surface area contributed by atoms with Crippen LogP contribution in [-0.4, -0.2) is 47.6 Å². The Morgan fingerprint density at radius 1 is 1.12 bits per heavy atom. The lowest BCUT2D eigenvalue weighted by molar-refractivity contribution is 0.0941. The molecule has 1 atom stereocenters. The minimum Gasteiger partial charge on any atom is -0.370 e. The monoisotopic (exact) mass is 582 g/mol. The molecule has 0 saturated carbocycles. The molecule has 1 aliphatic heterocycles. The fourth-order valence-electron chi connectivity index (χ4n) is 5.50. The lowest BCUT2D eigenvalue weighted by atomic mass is 9.97. The van der Waals surface area contributed by atoms with Crippen LogP contribution in [0.25, 0.3) is 22.1 Å². The highest BCUT2D eigenvalue weighted by atomic mass is 32.2. The van der Waals surface area contributed by atoms with Crippen LogP contribution in [0.2, 0.25) is 0 Å². The Balaban J connectivity index is 1.54. The molecule has 3 aromatic heterocycles. The van der Waals surface area contributed by atoms with Crippen molar-refractivity contribution in [2.45, 2.75) is 19.5 Å². The second-order valence-electron chi connectivity index (χ2n) is 9.84. The van der Waals surface area contributed by atoms with Crippen LogP contribution in [0.3, 0.4) is 0 Å². The molecule has 42 heavy (non-hydrogen) atoms. The summed E-state index contributed by atoms with van der Waals surface area (Å²) in [5.74, 6) is 1.83. The van der Waals surface area contributed by atoms with E-state index >= 15 is 0 Å². The summed E-state index contributed by atoms with van der Waals surface area (Å²) in [4.78, 5) is 34.4. The number of amides is 1. The summed E-state index contributed by atoms with van der Waals surface area (Å²) in [5, 5.41) is 8.38. The van der Waals surface area contributed by atoms with Gasteiger partial charge in [0.2, 0.25) is 0 Å². The minimum atomic E-state index is -4.00. The maximum atomic E-state index is 14.2. The van der Waals surface area contributed by atoms with Crippen molar-refractivity contribution in [3.63, 3.8) is 0 Å². The summed E-state index contributed by atoms with van der Waals surface area (Å²) < 4.78 is 32.0. The topological polar surface area (TPSA) is 143 Å². The van der Waals surface area contributed by atoms with Gasteiger partial charge in [-0.3, -0.25) is 18.9 Å². The van der Waals surface area contributed by atoms with Gasteiger partial charge in [-0.25, -0.2) is 14.2 Å². The molecule has 6 rings (SSSR count). The van der Waals surface area contributed by atoms with Gasteiger partial charge < -0.3 is 10.2 Å². The zero-order valence-corrected chi connectivity index (χ0v) is 23.7. The SMILES string of the molecule is C#Cc1ccc2c3c(c([C@H](C)NC(=O)c4c(NS(=O)(=O)NC)nn5cccnc45)n(-c4ccccc4)c(=O)c13)CN2C. The molecule has 0 aliphatic carbocycles. The number of nitrogens with one attached hydrogen (secondary N) is 3. The van der Waals surface area contributed by atoms with Crippen LogP contribution in [0, 0.1) is 12.3 Å². The predicted molar refractivity (Wildman–Crippen MR) is 160 cm³/mol. The molecule has 3 N–H and O–H groups in total. The molecule has 0 bridgehead atoms. The van der Waals surface area contributed by atoms with E-state index in [9.17, 15) is 18.0 Å². The molecule has 0 saturated heterocycles. The molecule has 212 valence electrons. The quantitative estimate of drug-likeness (QED) is 0.250. The third kappa shape index (κ3) is 4.25. The van der Waals surface area contributed by atoms with E-state index in [0.29, 0.717) is 28.9 Å². The smallest absolute Gasteiger partial charge is 0.300 e. The van der Waals surface area contributed by atoms with Crippen molar-refractivity contribution in [1.82, 2.24) is 29.2 Å². The normalized spacial score (nSPS) is 13.3. The van der Waals surface area contributed by atoms with E-state index in [4.69, 9.17) is 6.42 Å². The summed E-state index contributed by atoms with van der Waals surface area (Å²) >= 11 is 0. The highest BCUT2D eigenvalue weighted by molar-refractivity contribution is 7.90. The first kappa shape index (κ1) is 27.0. The Labute approximate surface area is 241 Å². The average molecular weight is 583 g/mol. The Morgan fingerprint density at radius 3 is 2.60 bits per heavy atom. The predicted octanol–water partition coefficient (Wildman–Crippen LogP) is 2.33. The number of rotatable bonds is 7. The summed E-state index contributed by atoms with van der Waals surface area (Å²) in [5.41, 5.74) is 3.17. The number of anilines is 2. The molecule has 0 unspecified atom stereocenters. The molecule has 1 amide bonds. The standard InChI is InChI=1S/C29H26N8O4S/c1-5-18-12-13-21-23-20(16-35(21)4)25(37(29(39)22(18)23)19-10-7-6-8-11-19)17(2)32-28(38)24-26(34-42(40,41)30-3)33-36-15-9-14-31-27(24)36/h1,6-15,17,30H,16H2,2-4H3,(H,32,38)(H,33,34)/t17-/m0/s1. The number of hydrogen-bond donors (Lipinski definition) is 3. The summed E-state index contributed by atoms with van der Waals surface area (Å²) in [7, 11) is -0.830. The summed E-state index contributed by atoms with van der Waals surface area (Å²) in [6, 6.07) is 13.7. The van der Waals surface area contributed by atoms with E-state index in [2.05, 4.69) is 30.8 Å². The Kier molecular flexibility index (Phi) is 6.44. The van der Waals surface area contributed by atoms with Crippen molar-refractivity contribution in [2.75, 3.05) is 23.7 Å². The number of carbonyl (C=O) groups excluding carboxylic acids is 1. The van der Waals surface area contributed by atoms with Crippen molar-refractivity contribution in [2.24, 2.45) is 0 Å². The molecule has 0 radical (unpaired) electrons. The van der Waals surface area contributed by atoms with E-state index in [1.165, 1.54) is 17.8 Å². The van der Waals surface area contributed by atoms with Crippen molar-refractivity contribution in [3.8, 4) is 18.0 Å². The van der Waals surface area contributed by atoms with E-state index in [1.807, 2.05) is 48.3 Å². The van der Waals surface area contributed by atoms with Gasteiger partial charge in [0.25, 0.3) is 21.7 Å². The lowest BCUT2D eigenvalue weighted by Gasteiger charge is -2.23. The highest BCUT2D eigenvalue weighted by Crippen LogP contribution is 2.40. The fourth-order valence-corrected chi connectivity index (χ4v) is 6.00.